The molecule has 2 aromatic rings. The minimum Gasteiger partial charge on any atom is -0.315 e. The van der Waals surface area contributed by atoms with Crippen molar-refractivity contribution in [3.63, 3.8) is 0 Å². The second-order valence-electron chi connectivity index (χ2n) is 3.81. The van der Waals surface area contributed by atoms with Crippen LogP contribution in [0.25, 0.3) is 11.0 Å². The lowest BCUT2D eigenvalue weighted by molar-refractivity contribution is 0.490. The molecule has 0 aliphatic carbocycles. The molecule has 1 aromatic heterocycles. The van der Waals surface area contributed by atoms with Crippen LogP contribution in [0.2, 0.25) is 0 Å². The van der Waals surface area contributed by atoms with Crippen molar-refractivity contribution < 1.29 is 0 Å². The average Bonchev–Trinajstić information content (AvgIpc) is 2.83. The summed E-state index contributed by atoms with van der Waals surface area (Å²) in [5.74, 6) is 0. The summed E-state index contributed by atoms with van der Waals surface area (Å²) < 4.78 is 3.10. The van der Waals surface area contributed by atoms with Crippen LogP contribution in [0.1, 0.15) is 12.5 Å². The van der Waals surface area contributed by atoms with E-state index in [1.54, 1.807) is 0 Å². The van der Waals surface area contributed by atoms with Crippen LogP contribution in [0.3, 0.4) is 0 Å². The van der Waals surface area contributed by atoms with E-state index < -0.39 is 0 Å². The lowest BCUT2D eigenvalue weighted by atomic mass is 10.2. The zero-order valence-corrected chi connectivity index (χ0v) is 9.74. The Balaban J connectivity index is 2.13. The van der Waals surface area contributed by atoms with Gasteiger partial charge in [-0.1, -0.05) is 21.1 Å². The van der Waals surface area contributed by atoms with E-state index in [1.807, 2.05) is 16.8 Å². The molecule has 3 rings (SSSR count). The Labute approximate surface area is 95.8 Å². The largest absolute Gasteiger partial charge is 0.315 e. The van der Waals surface area contributed by atoms with Crippen LogP contribution in [0.4, 0.5) is 0 Å². The topological polar surface area (TPSA) is 42.7 Å². The maximum absolute atomic E-state index is 4.22. The predicted molar refractivity (Wildman–Crippen MR) is 61.8 cm³/mol. The molecule has 15 heavy (non-hydrogen) atoms. The van der Waals surface area contributed by atoms with Gasteiger partial charge in [-0.05, 0) is 31.2 Å². The SMILES string of the molecule is Brc1ccc2nnn(C3CCNC3)c2c1. The van der Waals surface area contributed by atoms with E-state index in [9.17, 15) is 0 Å². The van der Waals surface area contributed by atoms with Crippen molar-refractivity contribution in [2.24, 2.45) is 0 Å². The summed E-state index contributed by atoms with van der Waals surface area (Å²) in [4.78, 5) is 0. The van der Waals surface area contributed by atoms with Gasteiger partial charge in [0, 0.05) is 11.0 Å². The van der Waals surface area contributed by atoms with Gasteiger partial charge in [0.05, 0.1) is 11.6 Å². The number of hydrogen-bond donors (Lipinski definition) is 1. The molecule has 4 nitrogen and oxygen atoms in total. The minimum absolute atomic E-state index is 0.448. The maximum Gasteiger partial charge on any atom is 0.113 e. The van der Waals surface area contributed by atoms with Crippen LogP contribution < -0.4 is 5.32 Å². The van der Waals surface area contributed by atoms with Crippen molar-refractivity contribution in [2.45, 2.75) is 12.5 Å². The zero-order chi connectivity index (χ0) is 10.3. The van der Waals surface area contributed by atoms with Crippen LogP contribution in [0.15, 0.2) is 22.7 Å². The molecule has 1 N–H and O–H groups in total. The summed E-state index contributed by atoms with van der Waals surface area (Å²) in [6.45, 7) is 2.06. The number of aromatic nitrogens is 3. The first-order valence-electron chi connectivity index (χ1n) is 5.06. The Morgan fingerprint density at radius 2 is 2.40 bits per heavy atom. The number of nitrogens with one attached hydrogen (secondary N) is 1. The summed E-state index contributed by atoms with van der Waals surface area (Å²) in [7, 11) is 0. The van der Waals surface area contributed by atoms with E-state index in [0.717, 1.165) is 35.0 Å². The van der Waals surface area contributed by atoms with Gasteiger partial charge >= 0.3 is 0 Å². The molecule has 2 heterocycles. The van der Waals surface area contributed by atoms with Gasteiger partial charge < -0.3 is 5.32 Å². The molecule has 1 atom stereocenters. The number of benzene rings is 1. The molecule has 0 spiro atoms. The third-order valence-electron chi connectivity index (χ3n) is 2.81. The molecule has 78 valence electrons. The third kappa shape index (κ3) is 1.55. The van der Waals surface area contributed by atoms with E-state index in [1.165, 1.54) is 0 Å². The van der Waals surface area contributed by atoms with E-state index in [0.29, 0.717) is 6.04 Å². The van der Waals surface area contributed by atoms with Gasteiger partial charge in [0.25, 0.3) is 0 Å². The highest BCUT2D eigenvalue weighted by Gasteiger charge is 2.19. The molecule has 0 radical (unpaired) electrons. The smallest absolute Gasteiger partial charge is 0.113 e. The monoisotopic (exact) mass is 266 g/mol. The Morgan fingerprint density at radius 1 is 1.47 bits per heavy atom. The highest BCUT2D eigenvalue weighted by atomic mass is 79.9. The van der Waals surface area contributed by atoms with Crippen LogP contribution in [0.5, 0.6) is 0 Å². The molecule has 1 aliphatic heterocycles. The average molecular weight is 267 g/mol. The molecular weight excluding hydrogens is 256 g/mol. The summed E-state index contributed by atoms with van der Waals surface area (Å²) in [5.41, 5.74) is 2.07. The highest BCUT2D eigenvalue weighted by molar-refractivity contribution is 9.10. The fourth-order valence-corrected chi connectivity index (χ4v) is 2.38. The molecule has 0 bridgehead atoms. The zero-order valence-electron chi connectivity index (χ0n) is 8.15. The van der Waals surface area contributed by atoms with Gasteiger partial charge in [-0.3, -0.25) is 0 Å². The normalized spacial score (nSPS) is 21.3. The van der Waals surface area contributed by atoms with Crippen molar-refractivity contribution in [3.8, 4) is 0 Å². The number of halogens is 1. The Hall–Kier alpha value is -0.940. The van der Waals surface area contributed by atoms with E-state index in [4.69, 9.17) is 0 Å². The molecule has 0 amide bonds. The maximum atomic E-state index is 4.22. The van der Waals surface area contributed by atoms with Crippen molar-refractivity contribution in [2.75, 3.05) is 13.1 Å². The Morgan fingerprint density at radius 3 is 3.20 bits per heavy atom. The van der Waals surface area contributed by atoms with E-state index >= 15 is 0 Å². The lowest BCUT2D eigenvalue weighted by Gasteiger charge is -2.08. The van der Waals surface area contributed by atoms with Crippen molar-refractivity contribution in [1.29, 1.82) is 0 Å². The van der Waals surface area contributed by atoms with Gasteiger partial charge in [0.15, 0.2) is 0 Å². The number of hydrogen-bond acceptors (Lipinski definition) is 3. The van der Waals surface area contributed by atoms with Crippen molar-refractivity contribution in [3.05, 3.63) is 22.7 Å². The fraction of sp³-hybridized carbons (Fsp3) is 0.400. The van der Waals surface area contributed by atoms with E-state index in [2.05, 4.69) is 37.6 Å². The predicted octanol–water partition coefficient (Wildman–Crippen LogP) is 1.73. The number of nitrogens with zero attached hydrogens (tertiary/aromatic N) is 3. The van der Waals surface area contributed by atoms with Crippen LogP contribution in [-0.2, 0) is 0 Å². The molecule has 5 heteroatoms. The molecule has 0 saturated carbocycles. The quantitative estimate of drug-likeness (QED) is 0.855. The first-order valence-corrected chi connectivity index (χ1v) is 5.85. The van der Waals surface area contributed by atoms with Gasteiger partial charge in [-0.2, -0.15) is 0 Å². The number of rotatable bonds is 1. The van der Waals surface area contributed by atoms with Gasteiger partial charge in [0.1, 0.15) is 5.52 Å². The molecule has 1 fully saturated rings. The second kappa shape index (κ2) is 3.57. The highest BCUT2D eigenvalue weighted by Crippen LogP contribution is 2.22. The lowest BCUT2D eigenvalue weighted by Crippen LogP contribution is -2.14. The van der Waals surface area contributed by atoms with E-state index in [-0.39, 0.29) is 0 Å². The molecular formula is C10H11BrN4. The van der Waals surface area contributed by atoms with Gasteiger partial charge in [-0.25, -0.2) is 4.68 Å². The fourth-order valence-electron chi connectivity index (χ4n) is 2.03. The Bertz CT molecular complexity index is 487. The standard InChI is InChI=1S/C10H11BrN4/c11-7-1-2-9-10(5-7)15(14-13-9)8-3-4-12-6-8/h1-2,5,8,12H,3-4,6H2. The minimum atomic E-state index is 0.448. The second-order valence-corrected chi connectivity index (χ2v) is 4.73. The third-order valence-corrected chi connectivity index (χ3v) is 3.31. The summed E-state index contributed by atoms with van der Waals surface area (Å²) >= 11 is 3.48. The Kier molecular flexibility index (Phi) is 2.21. The van der Waals surface area contributed by atoms with Crippen LogP contribution in [-0.4, -0.2) is 28.1 Å². The van der Waals surface area contributed by atoms with Crippen molar-refractivity contribution >= 4 is 27.0 Å². The summed E-state index contributed by atoms with van der Waals surface area (Å²) in [5, 5.41) is 11.7. The number of fused-ring (bicyclic) bond motifs is 1. The first kappa shape index (κ1) is 9.30. The van der Waals surface area contributed by atoms with Gasteiger partial charge in [-0.15, -0.1) is 5.10 Å². The molecule has 1 unspecified atom stereocenters. The van der Waals surface area contributed by atoms with Crippen molar-refractivity contribution in [1.82, 2.24) is 20.3 Å². The summed E-state index contributed by atoms with van der Waals surface area (Å²) in [6.07, 6.45) is 1.13. The first-order chi connectivity index (χ1) is 7.34. The molecule has 1 saturated heterocycles. The van der Waals surface area contributed by atoms with Crippen LogP contribution in [0, 0.1) is 0 Å². The molecule has 1 aromatic carbocycles. The van der Waals surface area contributed by atoms with Gasteiger partial charge in [0.2, 0.25) is 0 Å². The summed E-state index contributed by atoms with van der Waals surface area (Å²) in [6, 6.07) is 6.51. The molecule has 1 aliphatic rings. The van der Waals surface area contributed by atoms with Crippen LogP contribution >= 0.6 is 15.9 Å².